The van der Waals surface area contributed by atoms with Gasteiger partial charge in [-0.15, -0.1) is 0 Å². The summed E-state index contributed by atoms with van der Waals surface area (Å²) in [5.41, 5.74) is 6.83. The average Bonchev–Trinajstić information content (AvgIpc) is 3.57. The van der Waals surface area contributed by atoms with Gasteiger partial charge in [0.15, 0.2) is 0 Å². The predicted molar refractivity (Wildman–Crippen MR) is 164 cm³/mol. The van der Waals surface area contributed by atoms with Crippen LogP contribution in [0.3, 0.4) is 0 Å². The molecule has 40 heavy (non-hydrogen) atoms. The third-order valence-electron chi connectivity index (χ3n) is 8.00. The lowest BCUT2D eigenvalue weighted by molar-refractivity contribution is 0.673. The minimum Gasteiger partial charge on any atom is -0.455 e. The zero-order valence-electron chi connectivity index (χ0n) is 21.4. The van der Waals surface area contributed by atoms with E-state index in [2.05, 4.69) is 102 Å². The first-order valence-electron chi connectivity index (χ1n) is 13.4. The first kappa shape index (κ1) is 21.5. The molecule has 0 bridgehead atoms. The maximum Gasteiger partial charge on any atom is 0.235 e. The molecule has 3 aromatic heterocycles. The van der Waals surface area contributed by atoms with Crippen molar-refractivity contribution in [2.24, 2.45) is 0 Å². The Morgan fingerprint density at radius 3 is 2.12 bits per heavy atom. The van der Waals surface area contributed by atoms with E-state index < -0.39 is 0 Å². The minimum atomic E-state index is 0.653. The maximum atomic E-state index is 6.53. The number of hydrogen-bond acceptors (Lipinski definition) is 3. The van der Waals surface area contributed by atoms with Crippen LogP contribution in [0.1, 0.15) is 0 Å². The first-order chi connectivity index (χ1) is 19.8. The second-order valence-electron chi connectivity index (χ2n) is 10.2. The van der Waals surface area contributed by atoms with E-state index in [-0.39, 0.29) is 0 Å². The van der Waals surface area contributed by atoms with Crippen LogP contribution in [0.25, 0.3) is 82.6 Å². The van der Waals surface area contributed by atoms with Gasteiger partial charge in [0.05, 0.1) is 22.2 Å². The van der Waals surface area contributed by atoms with Crippen molar-refractivity contribution in [1.82, 2.24) is 14.5 Å². The molecule has 0 N–H and O–H groups in total. The van der Waals surface area contributed by atoms with E-state index in [1.807, 2.05) is 30.3 Å². The molecule has 3 heterocycles. The number of para-hydroxylation sites is 3. The molecule has 0 atom stereocenters. The molecule has 186 valence electrons. The van der Waals surface area contributed by atoms with Crippen LogP contribution in [0.4, 0.5) is 0 Å². The van der Waals surface area contributed by atoms with Gasteiger partial charge >= 0.3 is 0 Å². The Morgan fingerprint density at radius 1 is 0.500 bits per heavy atom. The highest BCUT2D eigenvalue weighted by atomic mass is 16.3. The summed E-state index contributed by atoms with van der Waals surface area (Å²) >= 11 is 0. The quantitative estimate of drug-likeness (QED) is 0.232. The molecule has 9 aromatic rings. The average molecular weight is 512 g/mol. The molecule has 4 nitrogen and oxygen atoms in total. The lowest BCUT2D eigenvalue weighted by Gasteiger charge is -2.11. The Balaban J connectivity index is 1.45. The molecule has 4 heteroatoms. The van der Waals surface area contributed by atoms with Gasteiger partial charge in [0, 0.05) is 37.9 Å². The second-order valence-corrected chi connectivity index (χ2v) is 10.2. The van der Waals surface area contributed by atoms with Crippen molar-refractivity contribution >= 4 is 65.4 Å². The number of aromatic nitrogens is 3. The summed E-state index contributed by atoms with van der Waals surface area (Å²) in [6.45, 7) is 0. The summed E-state index contributed by atoms with van der Waals surface area (Å²) in [6, 6.07) is 44.1. The highest BCUT2D eigenvalue weighted by Crippen LogP contribution is 2.42. The van der Waals surface area contributed by atoms with Gasteiger partial charge in [-0.05, 0) is 35.7 Å². The van der Waals surface area contributed by atoms with E-state index in [0.717, 1.165) is 76.7 Å². The number of fused-ring (bicyclic) bond motifs is 10. The van der Waals surface area contributed by atoms with Crippen LogP contribution in [0.2, 0.25) is 0 Å². The SMILES string of the molecule is c1ccc(-c2nc(-n3c4ccccc4c4c5c(ccc6c7ccccc7oc65)ccc43)nc3ccccc23)cc1. The fourth-order valence-corrected chi connectivity index (χ4v) is 6.25. The van der Waals surface area contributed by atoms with E-state index in [4.69, 9.17) is 14.4 Å². The van der Waals surface area contributed by atoms with Crippen LogP contribution in [-0.4, -0.2) is 14.5 Å². The van der Waals surface area contributed by atoms with Crippen molar-refractivity contribution < 1.29 is 4.42 Å². The minimum absolute atomic E-state index is 0.653. The predicted octanol–water partition coefficient (Wildman–Crippen LogP) is 9.45. The molecular formula is C36H21N3O. The second kappa shape index (κ2) is 8.01. The fraction of sp³-hybridized carbons (Fsp3) is 0. The third kappa shape index (κ3) is 2.90. The molecule has 0 aliphatic rings. The van der Waals surface area contributed by atoms with E-state index in [9.17, 15) is 0 Å². The molecule has 0 fully saturated rings. The Hall–Kier alpha value is -5.48. The summed E-state index contributed by atoms with van der Waals surface area (Å²) in [7, 11) is 0. The molecule has 9 rings (SSSR count). The normalized spacial score (nSPS) is 12.0. The summed E-state index contributed by atoms with van der Waals surface area (Å²) in [6.07, 6.45) is 0. The molecule has 0 unspecified atom stereocenters. The molecule has 0 aliphatic heterocycles. The molecular weight excluding hydrogens is 490 g/mol. The van der Waals surface area contributed by atoms with Crippen LogP contribution in [0.5, 0.6) is 0 Å². The van der Waals surface area contributed by atoms with Crippen LogP contribution >= 0.6 is 0 Å². The van der Waals surface area contributed by atoms with Gasteiger partial charge in [-0.1, -0.05) is 97.1 Å². The summed E-state index contributed by atoms with van der Waals surface area (Å²) in [5, 5.41) is 7.85. The molecule has 0 spiro atoms. The molecule has 0 aliphatic carbocycles. The Bertz CT molecular complexity index is 2430. The van der Waals surface area contributed by atoms with E-state index >= 15 is 0 Å². The van der Waals surface area contributed by atoms with Gasteiger partial charge in [0.1, 0.15) is 11.2 Å². The fourth-order valence-electron chi connectivity index (χ4n) is 6.25. The van der Waals surface area contributed by atoms with Crippen LogP contribution in [0.15, 0.2) is 132 Å². The number of benzene rings is 6. The van der Waals surface area contributed by atoms with E-state index in [1.54, 1.807) is 0 Å². The number of furan rings is 1. The highest BCUT2D eigenvalue weighted by molar-refractivity contribution is 6.29. The van der Waals surface area contributed by atoms with Crippen LogP contribution < -0.4 is 0 Å². The first-order valence-corrected chi connectivity index (χ1v) is 13.4. The van der Waals surface area contributed by atoms with Gasteiger partial charge in [-0.2, -0.15) is 0 Å². The number of rotatable bonds is 2. The largest absolute Gasteiger partial charge is 0.455 e. The molecule has 0 saturated heterocycles. The monoisotopic (exact) mass is 511 g/mol. The summed E-state index contributed by atoms with van der Waals surface area (Å²) in [5.74, 6) is 0.653. The topological polar surface area (TPSA) is 43.9 Å². The smallest absolute Gasteiger partial charge is 0.235 e. The standard InChI is InChI=1S/C36H21N3O/c1-2-10-23(11-3-1)34-26-13-4-7-15-28(26)37-36(38-34)39-29-16-8-5-14-27(29)33-30(39)21-19-22-18-20-25-24-12-6-9-17-31(24)40-35(25)32(22)33/h1-21H. The van der Waals surface area contributed by atoms with Gasteiger partial charge in [0.2, 0.25) is 5.95 Å². The van der Waals surface area contributed by atoms with Crippen molar-refractivity contribution in [3.8, 4) is 17.2 Å². The van der Waals surface area contributed by atoms with Gasteiger partial charge in [-0.25, -0.2) is 9.97 Å². The Kier molecular flexibility index (Phi) is 4.30. The van der Waals surface area contributed by atoms with Crippen molar-refractivity contribution in [2.75, 3.05) is 0 Å². The van der Waals surface area contributed by atoms with Gasteiger partial charge in [-0.3, -0.25) is 4.57 Å². The van der Waals surface area contributed by atoms with Crippen molar-refractivity contribution in [1.29, 1.82) is 0 Å². The Morgan fingerprint density at radius 2 is 1.23 bits per heavy atom. The lowest BCUT2D eigenvalue weighted by atomic mass is 10.0. The zero-order valence-corrected chi connectivity index (χ0v) is 21.4. The van der Waals surface area contributed by atoms with Crippen molar-refractivity contribution in [2.45, 2.75) is 0 Å². The molecule has 0 radical (unpaired) electrons. The van der Waals surface area contributed by atoms with Gasteiger partial charge < -0.3 is 4.42 Å². The van der Waals surface area contributed by atoms with E-state index in [0.29, 0.717) is 5.95 Å². The highest BCUT2D eigenvalue weighted by Gasteiger charge is 2.21. The summed E-state index contributed by atoms with van der Waals surface area (Å²) < 4.78 is 8.73. The lowest BCUT2D eigenvalue weighted by Crippen LogP contribution is -2.03. The molecule has 0 amide bonds. The van der Waals surface area contributed by atoms with Crippen LogP contribution in [-0.2, 0) is 0 Å². The van der Waals surface area contributed by atoms with E-state index in [1.165, 1.54) is 0 Å². The number of hydrogen-bond donors (Lipinski definition) is 0. The van der Waals surface area contributed by atoms with Crippen molar-refractivity contribution in [3.63, 3.8) is 0 Å². The Labute approximate surface area is 228 Å². The maximum absolute atomic E-state index is 6.53. The van der Waals surface area contributed by atoms with Crippen LogP contribution in [0, 0.1) is 0 Å². The summed E-state index contributed by atoms with van der Waals surface area (Å²) in [4.78, 5) is 10.3. The third-order valence-corrected chi connectivity index (χ3v) is 8.00. The number of nitrogens with zero attached hydrogens (tertiary/aromatic N) is 3. The van der Waals surface area contributed by atoms with Gasteiger partial charge in [0.25, 0.3) is 0 Å². The molecule has 0 saturated carbocycles. The van der Waals surface area contributed by atoms with Crippen molar-refractivity contribution in [3.05, 3.63) is 127 Å². The molecule has 6 aromatic carbocycles. The zero-order chi connectivity index (χ0) is 26.2.